The van der Waals surface area contributed by atoms with Gasteiger partial charge >= 0.3 is 12.3 Å². The Morgan fingerprint density at radius 1 is 1.39 bits per heavy atom. The van der Waals surface area contributed by atoms with Crippen LogP contribution in [-0.2, 0) is 4.79 Å². The Morgan fingerprint density at radius 3 is 2.44 bits per heavy atom. The van der Waals surface area contributed by atoms with Crippen LogP contribution >= 0.6 is 0 Å². The number of halogens is 3. The Bertz CT molecular complexity index is 444. The van der Waals surface area contributed by atoms with Crippen LogP contribution in [0.3, 0.4) is 0 Å². The Kier molecular flexibility index (Phi) is 4.02. The fraction of sp³-hybridized carbons (Fsp3) is 0.300. The topological polar surface area (TPSA) is 76.0 Å². The number of aliphatic hydroxyl groups excluding tert-OH is 1. The van der Waals surface area contributed by atoms with Crippen molar-refractivity contribution in [3.63, 3.8) is 0 Å². The number of aliphatic hydroxyl groups is 1. The molecule has 0 bridgehead atoms. The van der Waals surface area contributed by atoms with Crippen LogP contribution in [-0.4, -0.2) is 29.7 Å². The van der Waals surface area contributed by atoms with E-state index in [-0.39, 0.29) is 11.3 Å². The van der Waals surface area contributed by atoms with E-state index in [2.05, 4.69) is 4.74 Å². The third-order valence-corrected chi connectivity index (χ3v) is 1.96. The molecule has 0 radical (unpaired) electrons. The minimum Gasteiger partial charge on any atom is -0.496 e. The Balaban J connectivity index is 3.13. The van der Waals surface area contributed by atoms with E-state index in [0.717, 1.165) is 18.2 Å². The molecule has 0 fully saturated rings. The highest BCUT2D eigenvalue weighted by atomic mass is 19.4. The maximum atomic E-state index is 12.0. The monoisotopic (exact) mass is 266 g/mol. The van der Waals surface area contributed by atoms with E-state index in [1.165, 1.54) is 7.11 Å². The molecule has 0 saturated heterocycles. The lowest BCUT2D eigenvalue weighted by atomic mass is 10.1. The van der Waals surface area contributed by atoms with Crippen molar-refractivity contribution in [1.82, 2.24) is 0 Å². The predicted octanol–water partition coefficient (Wildman–Crippen LogP) is 1.71. The van der Waals surface area contributed by atoms with Gasteiger partial charge in [0.1, 0.15) is 11.5 Å². The lowest BCUT2D eigenvalue weighted by Gasteiger charge is -2.14. The SMILES string of the molecule is COc1ccc(OC(F)(F)F)cc1C(O)C(=O)O. The number of rotatable bonds is 4. The highest BCUT2D eigenvalue weighted by Crippen LogP contribution is 2.32. The van der Waals surface area contributed by atoms with E-state index in [4.69, 9.17) is 9.84 Å². The number of carbonyl (C=O) groups is 1. The summed E-state index contributed by atoms with van der Waals surface area (Å²) in [6.07, 6.45) is -6.91. The summed E-state index contributed by atoms with van der Waals surface area (Å²) in [6, 6.07) is 2.78. The zero-order valence-corrected chi connectivity index (χ0v) is 9.06. The number of methoxy groups -OCH3 is 1. The number of carboxylic acid groups (broad SMARTS) is 1. The number of benzene rings is 1. The van der Waals surface area contributed by atoms with Crippen molar-refractivity contribution < 1.29 is 37.7 Å². The molecule has 0 aromatic heterocycles. The molecule has 1 aromatic rings. The third kappa shape index (κ3) is 3.52. The number of ether oxygens (including phenoxy) is 2. The molecular weight excluding hydrogens is 257 g/mol. The largest absolute Gasteiger partial charge is 0.573 e. The minimum atomic E-state index is -4.90. The maximum Gasteiger partial charge on any atom is 0.573 e. The first-order valence-corrected chi connectivity index (χ1v) is 4.59. The molecule has 5 nitrogen and oxygen atoms in total. The van der Waals surface area contributed by atoms with Crippen LogP contribution in [0.25, 0.3) is 0 Å². The van der Waals surface area contributed by atoms with Crippen molar-refractivity contribution in [1.29, 1.82) is 0 Å². The number of carboxylic acids is 1. The van der Waals surface area contributed by atoms with E-state index in [9.17, 15) is 23.1 Å². The summed E-state index contributed by atoms with van der Waals surface area (Å²) >= 11 is 0. The van der Waals surface area contributed by atoms with Crippen LogP contribution in [0.5, 0.6) is 11.5 Å². The molecule has 1 unspecified atom stereocenters. The number of aliphatic carboxylic acids is 1. The number of alkyl halides is 3. The molecule has 1 rings (SSSR count). The van der Waals surface area contributed by atoms with Crippen LogP contribution < -0.4 is 9.47 Å². The second-order valence-corrected chi connectivity index (χ2v) is 3.19. The van der Waals surface area contributed by atoms with Crippen molar-refractivity contribution in [3.05, 3.63) is 23.8 Å². The third-order valence-electron chi connectivity index (χ3n) is 1.96. The Morgan fingerprint density at radius 2 is 2.00 bits per heavy atom. The Labute approximate surface area is 99.4 Å². The average molecular weight is 266 g/mol. The first-order chi connectivity index (χ1) is 8.24. The summed E-state index contributed by atoms with van der Waals surface area (Å²) in [5.74, 6) is -2.31. The van der Waals surface area contributed by atoms with Gasteiger partial charge in [0.15, 0.2) is 6.10 Å². The van der Waals surface area contributed by atoms with Gasteiger partial charge in [-0.1, -0.05) is 0 Å². The van der Waals surface area contributed by atoms with Gasteiger partial charge in [0, 0.05) is 5.56 Å². The number of hydrogen-bond donors (Lipinski definition) is 2. The van der Waals surface area contributed by atoms with E-state index >= 15 is 0 Å². The highest BCUT2D eigenvalue weighted by Gasteiger charge is 2.32. The molecule has 1 aromatic carbocycles. The van der Waals surface area contributed by atoms with Crippen molar-refractivity contribution in [2.75, 3.05) is 7.11 Å². The second kappa shape index (κ2) is 5.13. The van der Waals surface area contributed by atoms with Gasteiger partial charge in [-0.15, -0.1) is 13.2 Å². The van der Waals surface area contributed by atoms with E-state index in [1.54, 1.807) is 0 Å². The maximum absolute atomic E-state index is 12.0. The van der Waals surface area contributed by atoms with Crippen LogP contribution in [0.4, 0.5) is 13.2 Å². The minimum absolute atomic E-state index is 0.0561. The fourth-order valence-corrected chi connectivity index (χ4v) is 1.26. The van der Waals surface area contributed by atoms with Gasteiger partial charge in [-0.2, -0.15) is 0 Å². The predicted molar refractivity (Wildman–Crippen MR) is 52.3 cm³/mol. The lowest BCUT2D eigenvalue weighted by Crippen LogP contribution is -2.18. The molecule has 100 valence electrons. The fourth-order valence-electron chi connectivity index (χ4n) is 1.26. The zero-order valence-electron chi connectivity index (χ0n) is 9.06. The molecule has 0 spiro atoms. The van der Waals surface area contributed by atoms with Crippen LogP contribution in [0.1, 0.15) is 11.7 Å². The van der Waals surface area contributed by atoms with Crippen molar-refractivity contribution in [2.24, 2.45) is 0 Å². The molecule has 18 heavy (non-hydrogen) atoms. The van der Waals surface area contributed by atoms with Crippen LogP contribution in [0.2, 0.25) is 0 Å². The first-order valence-electron chi connectivity index (χ1n) is 4.59. The van der Waals surface area contributed by atoms with Crippen LogP contribution in [0.15, 0.2) is 18.2 Å². The molecule has 0 aliphatic heterocycles. The smallest absolute Gasteiger partial charge is 0.496 e. The highest BCUT2D eigenvalue weighted by molar-refractivity contribution is 5.75. The van der Waals surface area contributed by atoms with Gasteiger partial charge in [-0.25, -0.2) is 4.79 Å². The molecule has 0 amide bonds. The summed E-state index contributed by atoms with van der Waals surface area (Å²) in [6.45, 7) is 0. The van der Waals surface area contributed by atoms with Gasteiger partial charge in [0.25, 0.3) is 0 Å². The molecule has 2 N–H and O–H groups in total. The van der Waals surface area contributed by atoms with Gasteiger partial charge < -0.3 is 19.7 Å². The molecule has 0 heterocycles. The summed E-state index contributed by atoms with van der Waals surface area (Å²) in [5, 5.41) is 17.9. The molecule has 1 atom stereocenters. The van der Waals surface area contributed by atoms with Gasteiger partial charge in [0.2, 0.25) is 0 Å². The molecule has 0 aliphatic carbocycles. The summed E-state index contributed by atoms with van der Waals surface area (Å²) in [7, 11) is 1.19. The summed E-state index contributed by atoms with van der Waals surface area (Å²) in [4.78, 5) is 10.6. The summed E-state index contributed by atoms with van der Waals surface area (Å²) in [5.41, 5.74) is -0.327. The van der Waals surface area contributed by atoms with Gasteiger partial charge in [0.05, 0.1) is 7.11 Å². The molecule has 0 saturated carbocycles. The Hall–Kier alpha value is -1.96. The molecular formula is C10H9F3O5. The normalized spacial score (nSPS) is 12.9. The standard InChI is InChI=1S/C10H9F3O5/c1-17-7-3-2-5(18-10(11,12)13)4-6(7)8(14)9(15)16/h2-4,8,14H,1H3,(H,15,16). The summed E-state index contributed by atoms with van der Waals surface area (Å²) < 4.78 is 44.3. The second-order valence-electron chi connectivity index (χ2n) is 3.19. The van der Waals surface area contributed by atoms with Crippen LogP contribution in [0, 0.1) is 0 Å². The van der Waals surface area contributed by atoms with E-state index < -0.39 is 24.2 Å². The van der Waals surface area contributed by atoms with E-state index in [0.29, 0.717) is 0 Å². The van der Waals surface area contributed by atoms with E-state index in [1.807, 2.05) is 0 Å². The van der Waals surface area contributed by atoms with Crippen molar-refractivity contribution >= 4 is 5.97 Å². The van der Waals surface area contributed by atoms with Gasteiger partial charge in [-0.05, 0) is 18.2 Å². The zero-order chi connectivity index (χ0) is 13.9. The van der Waals surface area contributed by atoms with Crippen molar-refractivity contribution in [2.45, 2.75) is 12.5 Å². The average Bonchev–Trinajstić information content (AvgIpc) is 2.25. The lowest BCUT2D eigenvalue weighted by molar-refractivity contribution is -0.274. The first kappa shape index (κ1) is 14.1. The quantitative estimate of drug-likeness (QED) is 0.867. The van der Waals surface area contributed by atoms with Crippen molar-refractivity contribution in [3.8, 4) is 11.5 Å². The number of hydrogen-bond acceptors (Lipinski definition) is 4. The van der Waals surface area contributed by atoms with Gasteiger partial charge in [-0.3, -0.25) is 0 Å². The molecule has 0 aliphatic rings. The molecule has 8 heteroatoms.